The normalized spacial score (nSPS) is 17.3. The second-order valence-electron chi connectivity index (χ2n) is 0.993. The van der Waals surface area contributed by atoms with Gasteiger partial charge in [-0.25, -0.2) is 0 Å². The Morgan fingerprint density at radius 1 is 1.83 bits per heavy atom. The predicted octanol–water partition coefficient (Wildman–Crippen LogP) is -2.32. The van der Waals surface area contributed by atoms with E-state index in [0.29, 0.717) is 0 Å². The first-order valence-corrected chi connectivity index (χ1v) is 1.82. The molecule has 0 aromatic rings. The summed E-state index contributed by atoms with van der Waals surface area (Å²) in [4.78, 5) is 2.90. The molecule has 0 spiro atoms. The summed E-state index contributed by atoms with van der Waals surface area (Å²) in [5.41, 5.74) is 2.62. The van der Waals surface area contributed by atoms with Crippen molar-refractivity contribution < 1.29 is 4.99 Å². The van der Waals surface area contributed by atoms with E-state index in [1.165, 1.54) is 0 Å². The lowest BCUT2D eigenvalue weighted by atomic mass is 10.7. The highest BCUT2D eigenvalue weighted by atomic mass is 15.3. The van der Waals surface area contributed by atoms with Crippen LogP contribution in [0, 0.1) is 0 Å². The molecule has 0 radical (unpaired) electrons. The SMILES string of the molecule is C1=NNC=[NH+]C1. The van der Waals surface area contributed by atoms with Crippen LogP contribution in [0.3, 0.4) is 0 Å². The first kappa shape index (κ1) is 3.33. The molecule has 0 aromatic carbocycles. The summed E-state index contributed by atoms with van der Waals surface area (Å²) in [7, 11) is 0. The molecule has 0 unspecified atom stereocenters. The highest BCUT2D eigenvalue weighted by Gasteiger charge is 1.82. The third kappa shape index (κ3) is 0.544. The molecule has 1 heterocycles. The van der Waals surface area contributed by atoms with Crippen LogP contribution in [0.5, 0.6) is 0 Å². The smallest absolute Gasteiger partial charge is 0.255 e. The fourth-order valence-corrected chi connectivity index (χ4v) is 0.293. The topological polar surface area (TPSA) is 38.4 Å². The third-order valence-corrected chi connectivity index (χ3v) is 0.542. The van der Waals surface area contributed by atoms with Crippen LogP contribution in [-0.2, 0) is 0 Å². The van der Waals surface area contributed by atoms with Crippen molar-refractivity contribution in [1.29, 1.82) is 0 Å². The van der Waals surface area contributed by atoms with Gasteiger partial charge in [0.25, 0.3) is 6.34 Å². The molecule has 2 N–H and O–H groups in total. The van der Waals surface area contributed by atoms with Gasteiger partial charge in [-0.15, -0.1) is 0 Å². The summed E-state index contributed by atoms with van der Waals surface area (Å²) in [5.74, 6) is 0. The number of rotatable bonds is 0. The Labute approximate surface area is 35.8 Å². The summed E-state index contributed by atoms with van der Waals surface area (Å²) >= 11 is 0. The highest BCUT2D eigenvalue weighted by molar-refractivity contribution is 5.62. The summed E-state index contributed by atoms with van der Waals surface area (Å²) in [6.45, 7) is 0.840. The number of nitrogens with one attached hydrogen (secondary N) is 2. The lowest BCUT2D eigenvalue weighted by molar-refractivity contribution is -0.435. The summed E-state index contributed by atoms with van der Waals surface area (Å²) < 4.78 is 0. The van der Waals surface area contributed by atoms with Crippen LogP contribution < -0.4 is 10.4 Å². The second-order valence-corrected chi connectivity index (χ2v) is 0.993. The van der Waals surface area contributed by atoms with Crippen molar-refractivity contribution in [3.8, 4) is 0 Å². The molecule has 0 saturated heterocycles. The van der Waals surface area contributed by atoms with Gasteiger partial charge < -0.3 is 0 Å². The molecule has 0 amide bonds. The minimum absolute atomic E-state index is 0.840. The van der Waals surface area contributed by atoms with Gasteiger partial charge in [-0.05, 0) is 0 Å². The second kappa shape index (κ2) is 1.55. The Morgan fingerprint density at radius 2 is 2.83 bits per heavy atom. The van der Waals surface area contributed by atoms with E-state index in [1.807, 2.05) is 0 Å². The zero-order valence-corrected chi connectivity index (χ0v) is 3.31. The Hall–Kier alpha value is -0.860. The molecule has 32 valence electrons. The Kier molecular flexibility index (Phi) is 0.859. The standard InChI is InChI=1S/C3H5N3/c1-2-5-6-3-4-1/h2-3H,1H2,(H,4,6)/p+1. The zero-order valence-electron chi connectivity index (χ0n) is 3.31. The van der Waals surface area contributed by atoms with Crippen molar-refractivity contribution in [3.05, 3.63) is 0 Å². The molecule has 1 aliphatic rings. The number of hydrazone groups is 1. The molecule has 0 bridgehead atoms. The van der Waals surface area contributed by atoms with E-state index >= 15 is 0 Å². The van der Waals surface area contributed by atoms with E-state index in [2.05, 4.69) is 15.5 Å². The van der Waals surface area contributed by atoms with Crippen molar-refractivity contribution in [3.63, 3.8) is 0 Å². The molecular weight excluding hydrogens is 78.1 g/mol. The minimum Gasteiger partial charge on any atom is -0.274 e. The summed E-state index contributed by atoms with van der Waals surface area (Å²) in [6, 6.07) is 0. The van der Waals surface area contributed by atoms with Crippen molar-refractivity contribution in [2.75, 3.05) is 6.54 Å². The molecule has 3 nitrogen and oxygen atoms in total. The van der Waals surface area contributed by atoms with E-state index < -0.39 is 0 Å². The van der Waals surface area contributed by atoms with Gasteiger partial charge in [0.05, 0.1) is 6.21 Å². The molecule has 0 saturated carbocycles. The number of hydrogen-bond donors (Lipinski definition) is 2. The largest absolute Gasteiger partial charge is 0.274 e. The molecule has 0 atom stereocenters. The van der Waals surface area contributed by atoms with Gasteiger partial charge in [0.1, 0.15) is 6.54 Å². The van der Waals surface area contributed by atoms with Gasteiger partial charge in [-0.2, -0.15) is 5.43 Å². The predicted molar refractivity (Wildman–Crippen MR) is 23.5 cm³/mol. The third-order valence-electron chi connectivity index (χ3n) is 0.542. The van der Waals surface area contributed by atoms with E-state index in [1.54, 1.807) is 12.6 Å². The molecule has 0 fully saturated rings. The number of nitrogens with zero attached hydrogens (tertiary/aromatic N) is 1. The van der Waals surface area contributed by atoms with Crippen molar-refractivity contribution in [2.24, 2.45) is 5.10 Å². The Balaban J connectivity index is 2.40. The average Bonchev–Trinajstić information content (AvgIpc) is 1.72. The van der Waals surface area contributed by atoms with E-state index in [9.17, 15) is 0 Å². The first-order chi connectivity index (χ1) is 3.00. The number of hydrogen-bond acceptors (Lipinski definition) is 2. The maximum absolute atomic E-state index is 3.68. The summed E-state index contributed by atoms with van der Waals surface area (Å²) in [5, 5.41) is 3.68. The molecule has 6 heavy (non-hydrogen) atoms. The molecule has 0 aromatic heterocycles. The van der Waals surface area contributed by atoms with E-state index in [-0.39, 0.29) is 0 Å². The van der Waals surface area contributed by atoms with Gasteiger partial charge in [0.2, 0.25) is 0 Å². The lowest BCUT2D eigenvalue weighted by Crippen LogP contribution is -2.73. The van der Waals surface area contributed by atoms with E-state index in [0.717, 1.165) is 6.54 Å². The molecule has 0 aliphatic carbocycles. The van der Waals surface area contributed by atoms with Crippen LogP contribution in [0.15, 0.2) is 5.10 Å². The van der Waals surface area contributed by atoms with Crippen LogP contribution in [-0.4, -0.2) is 19.1 Å². The fraction of sp³-hybridized carbons (Fsp3) is 0.333. The fourth-order valence-electron chi connectivity index (χ4n) is 0.293. The Bertz CT molecular complexity index is 64.0. The van der Waals surface area contributed by atoms with Crippen LogP contribution in [0.2, 0.25) is 0 Å². The van der Waals surface area contributed by atoms with Gasteiger partial charge in [-0.3, -0.25) is 4.99 Å². The lowest BCUT2D eigenvalue weighted by Gasteiger charge is -1.83. The van der Waals surface area contributed by atoms with Gasteiger partial charge in [-0.1, -0.05) is 5.10 Å². The van der Waals surface area contributed by atoms with Gasteiger partial charge >= 0.3 is 0 Å². The van der Waals surface area contributed by atoms with Gasteiger partial charge in [0, 0.05) is 0 Å². The molecule has 1 rings (SSSR count). The summed E-state index contributed by atoms with van der Waals surface area (Å²) in [6.07, 6.45) is 3.46. The average molecular weight is 84.1 g/mol. The van der Waals surface area contributed by atoms with Crippen molar-refractivity contribution >= 4 is 12.6 Å². The monoisotopic (exact) mass is 84.1 g/mol. The van der Waals surface area contributed by atoms with Crippen LogP contribution >= 0.6 is 0 Å². The maximum Gasteiger partial charge on any atom is 0.255 e. The van der Waals surface area contributed by atoms with Crippen LogP contribution in [0.1, 0.15) is 0 Å². The molecular formula is C3H6N3+. The van der Waals surface area contributed by atoms with Gasteiger partial charge in [0.15, 0.2) is 0 Å². The van der Waals surface area contributed by atoms with Crippen LogP contribution in [0.4, 0.5) is 0 Å². The molecule has 1 aliphatic heterocycles. The van der Waals surface area contributed by atoms with Crippen LogP contribution in [0.25, 0.3) is 0 Å². The van der Waals surface area contributed by atoms with E-state index in [4.69, 9.17) is 0 Å². The Morgan fingerprint density at radius 3 is 3.00 bits per heavy atom. The maximum atomic E-state index is 3.68. The quantitative estimate of drug-likeness (QED) is 0.340. The first-order valence-electron chi connectivity index (χ1n) is 1.82. The van der Waals surface area contributed by atoms with Crippen molar-refractivity contribution in [2.45, 2.75) is 0 Å². The molecule has 3 heteroatoms. The minimum atomic E-state index is 0.840. The van der Waals surface area contributed by atoms with Crippen molar-refractivity contribution in [1.82, 2.24) is 5.43 Å². The zero-order chi connectivity index (χ0) is 4.24. The highest BCUT2D eigenvalue weighted by Crippen LogP contribution is 1.46.